The number of nitrogens with zero attached hydrogens (tertiary/aromatic N) is 2. The normalized spacial score (nSPS) is 15.4. The van der Waals surface area contributed by atoms with Crippen LogP contribution in [0.25, 0.3) is 0 Å². The Labute approximate surface area is 136 Å². The summed E-state index contributed by atoms with van der Waals surface area (Å²) in [6, 6.07) is 12.9. The molecule has 1 atom stereocenters. The van der Waals surface area contributed by atoms with E-state index >= 15 is 0 Å². The Kier molecular flexibility index (Phi) is 4.34. The van der Waals surface area contributed by atoms with Crippen molar-refractivity contribution in [3.8, 4) is 0 Å². The maximum Gasteiger partial charge on any atom is 0.274 e. The number of carbonyl (C=O) groups excluding carboxylic acids is 1. The molecule has 0 radical (unpaired) electrons. The van der Waals surface area contributed by atoms with Crippen molar-refractivity contribution in [2.45, 2.75) is 11.3 Å². The zero-order chi connectivity index (χ0) is 16.4. The largest absolute Gasteiger partial charge is 0.274 e. The number of amides is 1. The van der Waals surface area contributed by atoms with E-state index in [-0.39, 0.29) is 11.5 Å². The second-order valence-corrected chi connectivity index (χ2v) is 6.59. The van der Waals surface area contributed by atoms with Crippen LogP contribution in [-0.4, -0.2) is 33.6 Å². The van der Waals surface area contributed by atoms with E-state index in [2.05, 4.69) is 5.10 Å². The molecule has 0 saturated heterocycles. The number of hydrogen-bond acceptors (Lipinski definition) is 3. The van der Waals surface area contributed by atoms with Gasteiger partial charge in [-0.1, -0.05) is 18.2 Å². The summed E-state index contributed by atoms with van der Waals surface area (Å²) in [7, 11) is -1.02. The molecule has 1 aliphatic heterocycles. The van der Waals surface area contributed by atoms with Crippen LogP contribution in [0.4, 0.5) is 4.39 Å². The van der Waals surface area contributed by atoms with Crippen molar-refractivity contribution in [1.82, 2.24) is 5.01 Å². The van der Waals surface area contributed by atoms with Crippen molar-refractivity contribution >= 4 is 22.4 Å². The van der Waals surface area contributed by atoms with Gasteiger partial charge in [-0.15, -0.1) is 0 Å². The number of carbonyl (C=O) groups is 1. The molecule has 0 aliphatic carbocycles. The lowest BCUT2D eigenvalue weighted by molar-refractivity contribution is 0.0778. The van der Waals surface area contributed by atoms with Crippen LogP contribution >= 0.6 is 0 Å². The van der Waals surface area contributed by atoms with Crippen LogP contribution in [0.5, 0.6) is 0 Å². The molecular weight excluding hydrogens is 315 g/mol. The quantitative estimate of drug-likeness (QED) is 0.869. The molecule has 118 valence electrons. The van der Waals surface area contributed by atoms with Gasteiger partial charge in [-0.2, -0.15) is 5.10 Å². The van der Waals surface area contributed by atoms with Gasteiger partial charge in [0, 0.05) is 33.9 Å². The van der Waals surface area contributed by atoms with E-state index in [0.717, 1.165) is 16.2 Å². The number of hydrogen-bond donors (Lipinski definition) is 0. The Morgan fingerprint density at radius 3 is 2.61 bits per heavy atom. The van der Waals surface area contributed by atoms with Crippen molar-refractivity contribution in [3.63, 3.8) is 0 Å². The first kappa shape index (κ1) is 15.6. The highest BCUT2D eigenvalue weighted by atomic mass is 32.2. The minimum Gasteiger partial charge on any atom is -0.267 e. The van der Waals surface area contributed by atoms with Gasteiger partial charge in [-0.3, -0.25) is 9.00 Å². The first-order chi connectivity index (χ1) is 11.0. The fourth-order valence-corrected chi connectivity index (χ4v) is 2.94. The van der Waals surface area contributed by atoms with Crippen LogP contribution in [-0.2, 0) is 10.8 Å². The van der Waals surface area contributed by atoms with Gasteiger partial charge in [0.1, 0.15) is 5.82 Å². The van der Waals surface area contributed by atoms with Gasteiger partial charge < -0.3 is 0 Å². The third-order valence-corrected chi connectivity index (χ3v) is 4.56. The molecule has 0 bridgehead atoms. The summed E-state index contributed by atoms with van der Waals surface area (Å²) < 4.78 is 24.6. The van der Waals surface area contributed by atoms with E-state index < -0.39 is 16.6 Å². The predicted molar refractivity (Wildman–Crippen MR) is 87.4 cm³/mol. The van der Waals surface area contributed by atoms with Crippen molar-refractivity contribution < 1.29 is 13.4 Å². The lowest BCUT2D eigenvalue weighted by Gasteiger charge is -2.11. The smallest absolute Gasteiger partial charge is 0.267 e. The molecule has 23 heavy (non-hydrogen) atoms. The molecule has 1 unspecified atom stereocenters. The standard InChI is InChI=1S/C17H15FN2O2S/c1-23(22)15-7-5-12(6-8-15)16-9-10-20(19-16)17(21)13-3-2-4-14(18)11-13/h2-8,11H,9-10H2,1H3. The highest BCUT2D eigenvalue weighted by Gasteiger charge is 2.23. The van der Waals surface area contributed by atoms with Crippen LogP contribution in [0.15, 0.2) is 58.5 Å². The maximum absolute atomic E-state index is 13.2. The molecule has 0 aromatic heterocycles. The van der Waals surface area contributed by atoms with Crippen molar-refractivity contribution in [2.24, 2.45) is 5.10 Å². The lowest BCUT2D eigenvalue weighted by atomic mass is 10.1. The summed E-state index contributed by atoms with van der Waals surface area (Å²) in [6.07, 6.45) is 2.26. The zero-order valence-electron chi connectivity index (χ0n) is 12.5. The molecule has 2 aromatic carbocycles. The molecule has 0 saturated carbocycles. The molecule has 3 rings (SSSR count). The van der Waals surface area contributed by atoms with Crippen LogP contribution in [0.3, 0.4) is 0 Å². The number of rotatable bonds is 3. The molecular formula is C17H15FN2O2S. The number of halogens is 1. The van der Waals surface area contributed by atoms with Crippen molar-refractivity contribution in [2.75, 3.05) is 12.8 Å². The van der Waals surface area contributed by atoms with Crippen molar-refractivity contribution in [3.05, 3.63) is 65.5 Å². The van der Waals surface area contributed by atoms with E-state index in [0.29, 0.717) is 13.0 Å². The molecule has 0 spiro atoms. The van der Waals surface area contributed by atoms with Gasteiger partial charge in [0.15, 0.2) is 0 Å². The SMILES string of the molecule is CS(=O)c1ccc(C2=NN(C(=O)c3cccc(F)c3)CC2)cc1. The van der Waals surface area contributed by atoms with Crippen LogP contribution < -0.4 is 0 Å². The van der Waals surface area contributed by atoms with Gasteiger partial charge in [0.25, 0.3) is 5.91 Å². The number of hydrazone groups is 1. The fraction of sp³-hybridized carbons (Fsp3) is 0.176. The fourth-order valence-electron chi connectivity index (χ4n) is 2.42. The monoisotopic (exact) mass is 330 g/mol. The van der Waals surface area contributed by atoms with Crippen LogP contribution in [0.2, 0.25) is 0 Å². The summed E-state index contributed by atoms with van der Waals surface area (Å²) in [5.41, 5.74) is 1.98. The Bertz CT molecular complexity index is 802. The molecule has 1 heterocycles. The van der Waals surface area contributed by atoms with E-state index in [1.54, 1.807) is 24.5 Å². The third kappa shape index (κ3) is 3.37. The summed E-state index contributed by atoms with van der Waals surface area (Å²) in [5.74, 6) is -0.756. The maximum atomic E-state index is 13.2. The molecule has 1 amide bonds. The average molecular weight is 330 g/mol. The molecule has 0 N–H and O–H groups in total. The highest BCUT2D eigenvalue weighted by molar-refractivity contribution is 7.84. The highest BCUT2D eigenvalue weighted by Crippen LogP contribution is 2.18. The van der Waals surface area contributed by atoms with E-state index in [1.165, 1.54) is 23.2 Å². The average Bonchev–Trinajstić information content (AvgIpc) is 3.04. The molecule has 2 aromatic rings. The Morgan fingerprint density at radius 2 is 1.96 bits per heavy atom. The summed E-state index contributed by atoms with van der Waals surface area (Å²) in [5, 5.41) is 5.70. The molecule has 1 aliphatic rings. The topological polar surface area (TPSA) is 49.7 Å². The van der Waals surface area contributed by atoms with E-state index in [1.807, 2.05) is 12.1 Å². The second-order valence-electron chi connectivity index (χ2n) is 5.21. The molecule has 4 nitrogen and oxygen atoms in total. The number of benzene rings is 2. The Balaban J connectivity index is 1.80. The second kappa shape index (κ2) is 6.42. The third-order valence-electron chi connectivity index (χ3n) is 3.63. The Morgan fingerprint density at radius 1 is 1.22 bits per heavy atom. The van der Waals surface area contributed by atoms with Gasteiger partial charge in [0.2, 0.25) is 0 Å². The van der Waals surface area contributed by atoms with Crippen molar-refractivity contribution in [1.29, 1.82) is 0 Å². The summed E-state index contributed by atoms with van der Waals surface area (Å²) in [6.45, 7) is 0.464. The predicted octanol–water partition coefficient (Wildman–Crippen LogP) is 2.81. The van der Waals surface area contributed by atoms with Crippen LogP contribution in [0, 0.1) is 5.82 Å². The lowest BCUT2D eigenvalue weighted by Crippen LogP contribution is -2.23. The van der Waals surface area contributed by atoms with Gasteiger partial charge in [0.05, 0.1) is 12.3 Å². The first-order valence-corrected chi connectivity index (χ1v) is 8.69. The summed E-state index contributed by atoms with van der Waals surface area (Å²) >= 11 is 0. The summed E-state index contributed by atoms with van der Waals surface area (Å²) in [4.78, 5) is 13.1. The zero-order valence-corrected chi connectivity index (χ0v) is 13.3. The van der Waals surface area contributed by atoms with E-state index in [9.17, 15) is 13.4 Å². The van der Waals surface area contributed by atoms with Gasteiger partial charge in [-0.25, -0.2) is 9.40 Å². The van der Waals surface area contributed by atoms with Crippen LogP contribution in [0.1, 0.15) is 22.3 Å². The molecule has 6 heteroatoms. The minimum atomic E-state index is -1.02. The Hall–Kier alpha value is -2.34. The van der Waals surface area contributed by atoms with E-state index in [4.69, 9.17) is 0 Å². The minimum absolute atomic E-state index is 0.284. The van der Waals surface area contributed by atoms with Gasteiger partial charge >= 0.3 is 0 Å². The van der Waals surface area contributed by atoms with Gasteiger partial charge in [-0.05, 0) is 35.9 Å². The molecule has 0 fully saturated rings. The first-order valence-electron chi connectivity index (χ1n) is 7.13.